The molecule has 1 aromatic heterocycles. The Balaban J connectivity index is 1.63. The standard InChI is InChI=1S/C19H26BrClN4O2Si/c1-28(2,3)11-10-27-13-25-19(22-18(20)23-25)24-9-8-15(17(24)26)12-14-4-6-16(21)7-5-14/h4-7,15H,8-13H2,1-3H3. The van der Waals surface area contributed by atoms with Gasteiger partial charge in [-0.2, -0.15) is 4.98 Å². The summed E-state index contributed by atoms with van der Waals surface area (Å²) in [7, 11) is -1.14. The number of amides is 1. The summed E-state index contributed by atoms with van der Waals surface area (Å²) >= 11 is 9.27. The molecule has 1 fully saturated rings. The van der Waals surface area contributed by atoms with E-state index in [1.54, 1.807) is 9.58 Å². The zero-order valence-electron chi connectivity index (χ0n) is 16.5. The van der Waals surface area contributed by atoms with Crippen LogP contribution in [0.5, 0.6) is 0 Å². The van der Waals surface area contributed by atoms with Crippen molar-refractivity contribution in [2.45, 2.75) is 45.3 Å². The predicted molar refractivity (Wildman–Crippen MR) is 117 cm³/mol. The molecule has 1 aromatic carbocycles. The fraction of sp³-hybridized carbons (Fsp3) is 0.526. The highest BCUT2D eigenvalue weighted by molar-refractivity contribution is 9.10. The van der Waals surface area contributed by atoms with Gasteiger partial charge in [0.05, 0.1) is 0 Å². The van der Waals surface area contributed by atoms with Gasteiger partial charge in [-0.05, 0) is 52.5 Å². The van der Waals surface area contributed by atoms with E-state index in [0.717, 1.165) is 18.0 Å². The Bertz CT molecular complexity index is 822. The summed E-state index contributed by atoms with van der Waals surface area (Å²) in [6.07, 6.45) is 1.50. The van der Waals surface area contributed by atoms with Gasteiger partial charge in [-0.3, -0.25) is 9.69 Å². The zero-order valence-corrected chi connectivity index (χ0v) is 19.8. The number of carbonyl (C=O) groups is 1. The number of hydrogen-bond acceptors (Lipinski definition) is 4. The molecule has 1 saturated heterocycles. The number of nitrogens with zero attached hydrogens (tertiary/aromatic N) is 4. The van der Waals surface area contributed by atoms with Crippen molar-refractivity contribution < 1.29 is 9.53 Å². The summed E-state index contributed by atoms with van der Waals surface area (Å²) in [4.78, 5) is 19.1. The Morgan fingerprint density at radius 3 is 2.68 bits per heavy atom. The average molecular weight is 486 g/mol. The molecule has 28 heavy (non-hydrogen) atoms. The van der Waals surface area contributed by atoms with E-state index in [0.29, 0.717) is 42.0 Å². The summed E-state index contributed by atoms with van der Waals surface area (Å²) in [6.45, 7) is 8.58. The molecule has 6 nitrogen and oxygen atoms in total. The van der Waals surface area contributed by atoms with Crippen LogP contribution in [0.1, 0.15) is 12.0 Å². The fourth-order valence-corrected chi connectivity index (χ4v) is 4.39. The first kappa shape index (κ1) is 21.5. The van der Waals surface area contributed by atoms with Crippen LogP contribution in [0.25, 0.3) is 0 Å². The lowest BCUT2D eigenvalue weighted by molar-refractivity contribution is -0.120. The lowest BCUT2D eigenvalue weighted by Crippen LogP contribution is -2.31. The van der Waals surface area contributed by atoms with E-state index in [1.165, 1.54) is 0 Å². The Labute approximate surface area is 180 Å². The van der Waals surface area contributed by atoms with Crippen molar-refractivity contribution >= 4 is 47.5 Å². The summed E-state index contributed by atoms with van der Waals surface area (Å²) in [5.41, 5.74) is 1.11. The molecule has 9 heteroatoms. The Kier molecular flexibility index (Phi) is 6.96. The molecule has 2 aromatic rings. The van der Waals surface area contributed by atoms with Crippen LogP contribution in [-0.4, -0.2) is 41.9 Å². The van der Waals surface area contributed by atoms with Gasteiger partial charge in [-0.1, -0.05) is 43.4 Å². The molecule has 1 aliphatic rings. The van der Waals surface area contributed by atoms with Crippen LogP contribution >= 0.6 is 27.5 Å². The average Bonchev–Trinajstić information content (AvgIpc) is 3.16. The Hall–Kier alpha value is -1.22. The van der Waals surface area contributed by atoms with Gasteiger partial charge in [0.1, 0.15) is 6.73 Å². The Morgan fingerprint density at radius 1 is 1.29 bits per heavy atom. The van der Waals surface area contributed by atoms with E-state index in [1.807, 2.05) is 24.3 Å². The summed E-state index contributed by atoms with van der Waals surface area (Å²) in [5, 5.41) is 5.05. The normalized spacial score (nSPS) is 17.5. The first-order valence-electron chi connectivity index (χ1n) is 9.47. The quantitative estimate of drug-likeness (QED) is 0.405. The van der Waals surface area contributed by atoms with Crippen molar-refractivity contribution in [1.29, 1.82) is 0 Å². The van der Waals surface area contributed by atoms with Crippen LogP contribution in [-0.2, 0) is 22.7 Å². The Morgan fingerprint density at radius 2 is 2.00 bits per heavy atom. The minimum Gasteiger partial charge on any atom is -0.359 e. The highest BCUT2D eigenvalue weighted by atomic mass is 79.9. The second-order valence-corrected chi connectivity index (χ2v) is 15.1. The first-order chi connectivity index (χ1) is 13.2. The van der Waals surface area contributed by atoms with Crippen molar-refractivity contribution in [2.75, 3.05) is 18.1 Å². The largest absolute Gasteiger partial charge is 0.359 e. The van der Waals surface area contributed by atoms with Gasteiger partial charge in [0.15, 0.2) is 0 Å². The number of ether oxygens (including phenoxy) is 1. The molecule has 1 atom stereocenters. The molecule has 0 spiro atoms. The van der Waals surface area contributed by atoms with Gasteiger partial charge < -0.3 is 4.74 Å². The monoisotopic (exact) mass is 484 g/mol. The number of benzene rings is 1. The maximum atomic E-state index is 13.0. The van der Waals surface area contributed by atoms with Crippen molar-refractivity contribution in [2.24, 2.45) is 5.92 Å². The van der Waals surface area contributed by atoms with Crippen LogP contribution in [0, 0.1) is 5.92 Å². The first-order valence-corrected chi connectivity index (χ1v) is 14.3. The van der Waals surface area contributed by atoms with E-state index in [2.05, 4.69) is 45.7 Å². The van der Waals surface area contributed by atoms with Crippen LogP contribution in [0.3, 0.4) is 0 Å². The van der Waals surface area contributed by atoms with Crippen LogP contribution in [0.15, 0.2) is 29.0 Å². The number of rotatable bonds is 8. The maximum Gasteiger partial charge on any atom is 0.233 e. The van der Waals surface area contributed by atoms with Crippen LogP contribution in [0.4, 0.5) is 5.95 Å². The van der Waals surface area contributed by atoms with Crippen molar-refractivity contribution in [3.05, 3.63) is 39.6 Å². The zero-order chi connectivity index (χ0) is 20.3. The maximum absolute atomic E-state index is 13.0. The fourth-order valence-electron chi connectivity index (χ4n) is 3.15. The number of aromatic nitrogens is 3. The van der Waals surface area contributed by atoms with Gasteiger partial charge in [0.25, 0.3) is 0 Å². The van der Waals surface area contributed by atoms with Gasteiger partial charge in [-0.25, -0.2) is 4.68 Å². The molecule has 0 bridgehead atoms. The molecule has 0 aliphatic carbocycles. The van der Waals surface area contributed by atoms with Gasteiger partial charge in [0, 0.05) is 32.2 Å². The second-order valence-electron chi connectivity index (χ2n) is 8.33. The number of carbonyl (C=O) groups excluding carboxylic acids is 1. The summed E-state index contributed by atoms with van der Waals surface area (Å²) in [6, 6.07) is 8.76. The SMILES string of the molecule is C[Si](C)(C)CCOCn1nc(Br)nc1N1CCC(Cc2ccc(Cl)cc2)C1=O. The summed E-state index contributed by atoms with van der Waals surface area (Å²) < 4.78 is 7.93. The highest BCUT2D eigenvalue weighted by Gasteiger charge is 2.35. The molecular formula is C19H26BrClN4O2Si. The minimum atomic E-state index is -1.14. The predicted octanol–water partition coefficient (Wildman–Crippen LogP) is 4.60. The van der Waals surface area contributed by atoms with E-state index < -0.39 is 8.07 Å². The molecule has 3 rings (SSSR count). The van der Waals surface area contributed by atoms with Gasteiger partial charge in [-0.15, -0.1) is 5.10 Å². The third-order valence-electron chi connectivity index (χ3n) is 4.79. The molecule has 1 aliphatic heterocycles. The van der Waals surface area contributed by atoms with E-state index in [9.17, 15) is 4.79 Å². The number of halogens is 2. The van der Waals surface area contributed by atoms with Crippen molar-refractivity contribution in [3.8, 4) is 0 Å². The molecule has 0 N–H and O–H groups in total. The molecule has 152 valence electrons. The second kappa shape index (κ2) is 9.07. The number of hydrogen-bond donors (Lipinski definition) is 0. The van der Waals surface area contributed by atoms with Crippen LogP contribution in [0.2, 0.25) is 30.7 Å². The van der Waals surface area contributed by atoms with E-state index in [4.69, 9.17) is 16.3 Å². The molecule has 1 unspecified atom stereocenters. The molecule has 0 radical (unpaired) electrons. The molecule has 2 heterocycles. The molecule has 1 amide bonds. The number of anilines is 1. The summed E-state index contributed by atoms with van der Waals surface area (Å²) in [5.74, 6) is 0.569. The molecular weight excluding hydrogens is 460 g/mol. The van der Waals surface area contributed by atoms with Crippen molar-refractivity contribution in [1.82, 2.24) is 14.8 Å². The van der Waals surface area contributed by atoms with Crippen LogP contribution < -0.4 is 4.90 Å². The van der Waals surface area contributed by atoms with Gasteiger partial charge in [0.2, 0.25) is 16.6 Å². The third kappa shape index (κ3) is 5.65. The molecule has 0 saturated carbocycles. The lowest BCUT2D eigenvalue weighted by Gasteiger charge is -2.18. The lowest BCUT2D eigenvalue weighted by atomic mass is 9.98. The minimum absolute atomic E-state index is 0.0575. The van der Waals surface area contributed by atoms with E-state index in [-0.39, 0.29) is 11.8 Å². The van der Waals surface area contributed by atoms with Gasteiger partial charge >= 0.3 is 0 Å². The highest BCUT2D eigenvalue weighted by Crippen LogP contribution is 2.28. The van der Waals surface area contributed by atoms with Crippen molar-refractivity contribution in [3.63, 3.8) is 0 Å². The van der Waals surface area contributed by atoms with E-state index >= 15 is 0 Å². The third-order valence-corrected chi connectivity index (χ3v) is 7.08. The topological polar surface area (TPSA) is 60.2 Å². The smallest absolute Gasteiger partial charge is 0.233 e.